The van der Waals surface area contributed by atoms with E-state index in [0.29, 0.717) is 17.4 Å². The van der Waals surface area contributed by atoms with Gasteiger partial charge in [-0.2, -0.15) is 4.98 Å². The molecule has 3 aromatic heterocycles. The van der Waals surface area contributed by atoms with E-state index in [1.807, 2.05) is 12.1 Å². The number of hydrogen-bond acceptors (Lipinski definition) is 7. The molecule has 0 aromatic carbocycles. The zero-order valence-corrected chi connectivity index (χ0v) is 12.9. The van der Waals surface area contributed by atoms with Gasteiger partial charge in [0.1, 0.15) is 5.69 Å². The Bertz CT molecular complexity index is 856. The van der Waals surface area contributed by atoms with Gasteiger partial charge >= 0.3 is 0 Å². The molecule has 4 rings (SSSR count). The van der Waals surface area contributed by atoms with Crippen molar-refractivity contribution >= 4 is 5.91 Å². The molecule has 0 atom stereocenters. The third-order valence-electron chi connectivity index (χ3n) is 3.93. The summed E-state index contributed by atoms with van der Waals surface area (Å²) >= 11 is 0. The minimum atomic E-state index is -0.316. The van der Waals surface area contributed by atoms with E-state index in [4.69, 9.17) is 9.05 Å². The Kier molecular flexibility index (Phi) is 3.78. The first-order chi connectivity index (χ1) is 11.8. The van der Waals surface area contributed by atoms with Crippen LogP contribution in [0.4, 0.5) is 0 Å². The second kappa shape index (κ2) is 6.23. The Balaban J connectivity index is 1.43. The fraction of sp³-hybridized carbons (Fsp3) is 0.312. The van der Waals surface area contributed by atoms with Crippen molar-refractivity contribution in [3.63, 3.8) is 0 Å². The number of nitrogens with one attached hydrogen (secondary N) is 1. The summed E-state index contributed by atoms with van der Waals surface area (Å²) in [5.41, 5.74) is 2.42. The fourth-order valence-electron chi connectivity index (χ4n) is 2.73. The number of carbonyl (C=O) groups excluding carboxylic acids is 1. The van der Waals surface area contributed by atoms with Crippen molar-refractivity contribution < 1.29 is 13.8 Å². The molecule has 1 aliphatic carbocycles. The highest BCUT2D eigenvalue weighted by Crippen LogP contribution is 2.23. The van der Waals surface area contributed by atoms with E-state index in [-0.39, 0.29) is 18.2 Å². The molecule has 0 saturated carbocycles. The van der Waals surface area contributed by atoms with Gasteiger partial charge in [-0.3, -0.25) is 9.78 Å². The number of amides is 1. The quantitative estimate of drug-likeness (QED) is 0.781. The van der Waals surface area contributed by atoms with Crippen molar-refractivity contribution in [2.24, 2.45) is 0 Å². The van der Waals surface area contributed by atoms with Gasteiger partial charge in [0.15, 0.2) is 0 Å². The van der Waals surface area contributed by atoms with Crippen molar-refractivity contribution in [2.75, 3.05) is 0 Å². The van der Waals surface area contributed by atoms with Crippen molar-refractivity contribution in [3.05, 3.63) is 47.3 Å². The predicted molar refractivity (Wildman–Crippen MR) is 81.8 cm³/mol. The number of rotatable bonds is 4. The van der Waals surface area contributed by atoms with Crippen LogP contribution in [0.25, 0.3) is 11.5 Å². The number of nitrogens with zero attached hydrogens (tertiary/aromatic N) is 4. The number of aryl methyl sites for hydroxylation is 1. The first-order valence-corrected chi connectivity index (χ1v) is 7.81. The van der Waals surface area contributed by atoms with E-state index >= 15 is 0 Å². The Hall–Kier alpha value is -3.03. The lowest BCUT2D eigenvalue weighted by molar-refractivity contribution is 0.0908. The van der Waals surface area contributed by atoms with Crippen LogP contribution in [-0.4, -0.2) is 26.2 Å². The van der Waals surface area contributed by atoms with E-state index in [2.05, 4.69) is 25.6 Å². The monoisotopic (exact) mass is 325 g/mol. The molecule has 3 aromatic rings. The zero-order valence-electron chi connectivity index (χ0n) is 12.9. The third-order valence-corrected chi connectivity index (χ3v) is 3.93. The van der Waals surface area contributed by atoms with Crippen LogP contribution >= 0.6 is 0 Å². The van der Waals surface area contributed by atoms with Crippen LogP contribution in [0.5, 0.6) is 0 Å². The number of fused-ring (bicyclic) bond motifs is 1. The lowest BCUT2D eigenvalue weighted by Gasteiger charge is -2.08. The Morgan fingerprint density at radius 2 is 2.08 bits per heavy atom. The fourth-order valence-corrected chi connectivity index (χ4v) is 2.73. The highest BCUT2D eigenvalue weighted by Gasteiger charge is 2.24. The number of hydrogen-bond donors (Lipinski definition) is 1. The predicted octanol–water partition coefficient (Wildman–Crippen LogP) is 1.93. The van der Waals surface area contributed by atoms with Gasteiger partial charge in [-0.05, 0) is 37.8 Å². The molecule has 8 nitrogen and oxygen atoms in total. The summed E-state index contributed by atoms with van der Waals surface area (Å²) < 4.78 is 10.3. The zero-order chi connectivity index (χ0) is 16.4. The standard InChI is InChI=1S/C16H15N5O3/c22-16(14-10-5-1-2-6-11(10)20-24-14)18-9-13-19-15(21-23-13)12-7-3-4-8-17-12/h3-4,7-8H,1-2,5-6,9H2,(H,18,22). The minimum absolute atomic E-state index is 0.119. The average Bonchev–Trinajstić information content (AvgIpc) is 3.27. The van der Waals surface area contributed by atoms with E-state index < -0.39 is 0 Å². The number of pyridine rings is 1. The minimum Gasteiger partial charge on any atom is -0.350 e. The SMILES string of the molecule is O=C(NCc1nc(-c2ccccn2)no1)c1onc2c1CCCC2. The van der Waals surface area contributed by atoms with Crippen molar-refractivity contribution in [3.8, 4) is 11.5 Å². The largest absolute Gasteiger partial charge is 0.350 e. The van der Waals surface area contributed by atoms with Crippen LogP contribution in [0.15, 0.2) is 33.4 Å². The summed E-state index contributed by atoms with van der Waals surface area (Å²) in [5.74, 6) is 0.659. The van der Waals surface area contributed by atoms with Crippen LogP contribution in [0.2, 0.25) is 0 Å². The lowest BCUT2D eigenvalue weighted by atomic mass is 9.96. The Morgan fingerprint density at radius 3 is 2.96 bits per heavy atom. The maximum absolute atomic E-state index is 12.3. The molecule has 8 heteroatoms. The van der Waals surface area contributed by atoms with Crippen molar-refractivity contribution in [2.45, 2.75) is 32.2 Å². The van der Waals surface area contributed by atoms with E-state index in [1.54, 1.807) is 12.3 Å². The molecule has 0 fully saturated rings. The normalized spacial score (nSPS) is 13.5. The van der Waals surface area contributed by atoms with Crippen LogP contribution in [0.3, 0.4) is 0 Å². The number of carbonyl (C=O) groups is 1. The molecular formula is C16H15N5O3. The molecule has 1 aliphatic rings. The third kappa shape index (κ3) is 2.78. The highest BCUT2D eigenvalue weighted by atomic mass is 16.5. The maximum atomic E-state index is 12.3. The molecule has 24 heavy (non-hydrogen) atoms. The number of aromatic nitrogens is 4. The summed E-state index contributed by atoms with van der Waals surface area (Å²) in [6, 6.07) is 5.43. The molecule has 0 radical (unpaired) electrons. The molecule has 0 bridgehead atoms. The van der Waals surface area contributed by atoms with Crippen LogP contribution < -0.4 is 5.32 Å². The topological polar surface area (TPSA) is 107 Å². The summed E-state index contributed by atoms with van der Waals surface area (Å²) in [5, 5.41) is 10.6. The molecule has 0 saturated heterocycles. The van der Waals surface area contributed by atoms with E-state index in [1.165, 1.54) is 0 Å². The van der Waals surface area contributed by atoms with Gasteiger partial charge in [-0.1, -0.05) is 16.4 Å². The van der Waals surface area contributed by atoms with Crippen molar-refractivity contribution in [1.82, 2.24) is 25.6 Å². The summed E-state index contributed by atoms with van der Waals surface area (Å²) in [6.45, 7) is 0.119. The first-order valence-electron chi connectivity index (χ1n) is 7.81. The summed E-state index contributed by atoms with van der Waals surface area (Å²) in [6.07, 6.45) is 5.47. The average molecular weight is 325 g/mol. The van der Waals surface area contributed by atoms with E-state index in [9.17, 15) is 4.79 Å². The van der Waals surface area contributed by atoms with E-state index in [0.717, 1.165) is 36.9 Å². The van der Waals surface area contributed by atoms with Crippen molar-refractivity contribution in [1.29, 1.82) is 0 Å². The second-order valence-corrected chi connectivity index (χ2v) is 5.55. The molecule has 1 amide bonds. The van der Waals surface area contributed by atoms with Gasteiger partial charge in [-0.15, -0.1) is 0 Å². The van der Waals surface area contributed by atoms with Crippen LogP contribution in [0.1, 0.15) is 40.5 Å². The van der Waals surface area contributed by atoms with Gasteiger partial charge < -0.3 is 14.4 Å². The molecule has 1 N–H and O–H groups in total. The van der Waals surface area contributed by atoms with Gasteiger partial charge in [0.05, 0.1) is 12.2 Å². The molecule has 3 heterocycles. The molecular weight excluding hydrogens is 310 g/mol. The molecule has 122 valence electrons. The van der Waals surface area contributed by atoms with Gasteiger partial charge in [0, 0.05) is 11.8 Å². The molecule has 0 spiro atoms. The smallest absolute Gasteiger partial charge is 0.290 e. The van der Waals surface area contributed by atoms with Gasteiger partial charge in [0.2, 0.25) is 17.5 Å². The highest BCUT2D eigenvalue weighted by molar-refractivity contribution is 5.92. The van der Waals surface area contributed by atoms with Gasteiger partial charge in [-0.25, -0.2) is 0 Å². The first kappa shape index (κ1) is 14.6. The lowest BCUT2D eigenvalue weighted by Crippen LogP contribution is -2.24. The maximum Gasteiger partial charge on any atom is 0.290 e. The van der Waals surface area contributed by atoms with Crippen LogP contribution in [0, 0.1) is 0 Å². The Morgan fingerprint density at radius 1 is 1.17 bits per heavy atom. The Labute approximate surface area is 137 Å². The molecule has 0 aliphatic heterocycles. The second-order valence-electron chi connectivity index (χ2n) is 5.55. The molecule has 0 unspecified atom stereocenters. The van der Waals surface area contributed by atoms with Gasteiger partial charge in [0.25, 0.3) is 5.91 Å². The summed E-state index contributed by atoms with van der Waals surface area (Å²) in [4.78, 5) is 20.7. The summed E-state index contributed by atoms with van der Waals surface area (Å²) in [7, 11) is 0. The van der Waals surface area contributed by atoms with Crippen LogP contribution in [-0.2, 0) is 19.4 Å².